The molecule has 2 saturated carbocycles. The fraction of sp³-hybridized carbons (Fsp3) is 0.700. The van der Waals surface area contributed by atoms with Crippen LogP contribution < -0.4 is 0 Å². The van der Waals surface area contributed by atoms with Crippen LogP contribution in [0.15, 0.2) is 40.0 Å². The summed E-state index contributed by atoms with van der Waals surface area (Å²) in [5.74, 6) is 1.31. The first-order chi connectivity index (χ1) is 15.8. The molecule has 1 unspecified atom stereocenters. The highest BCUT2D eigenvalue weighted by atomic mass is 16.4. The average Bonchev–Trinajstić information content (AvgIpc) is 3.34. The van der Waals surface area contributed by atoms with Gasteiger partial charge in [-0.2, -0.15) is 0 Å². The molecule has 4 aliphatic carbocycles. The van der Waals surface area contributed by atoms with Gasteiger partial charge in [0.25, 0.3) is 0 Å². The van der Waals surface area contributed by atoms with Gasteiger partial charge < -0.3 is 14.6 Å². The van der Waals surface area contributed by atoms with Crippen LogP contribution in [0.3, 0.4) is 0 Å². The Morgan fingerprint density at radius 2 is 1.88 bits per heavy atom. The van der Waals surface area contributed by atoms with Crippen LogP contribution in [-0.2, 0) is 6.42 Å². The summed E-state index contributed by atoms with van der Waals surface area (Å²) >= 11 is 0. The van der Waals surface area contributed by atoms with Crippen molar-refractivity contribution >= 4 is 5.97 Å². The number of aromatic carboxylic acids is 1. The normalized spacial score (nSPS) is 41.6. The van der Waals surface area contributed by atoms with E-state index in [0.717, 1.165) is 37.9 Å². The van der Waals surface area contributed by atoms with Gasteiger partial charge in [0.15, 0.2) is 0 Å². The van der Waals surface area contributed by atoms with E-state index in [1.54, 1.807) is 17.2 Å². The van der Waals surface area contributed by atoms with Crippen LogP contribution in [0.5, 0.6) is 0 Å². The number of carboxylic acids is 1. The van der Waals surface area contributed by atoms with Crippen molar-refractivity contribution in [2.45, 2.75) is 92.6 Å². The average molecular weight is 467 g/mol. The summed E-state index contributed by atoms with van der Waals surface area (Å²) in [6.45, 7) is 14.3. The third-order valence-corrected chi connectivity index (χ3v) is 11.6. The van der Waals surface area contributed by atoms with E-state index in [4.69, 9.17) is 4.42 Å². The van der Waals surface area contributed by atoms with Gasteiger partial charge in [-0.05, 0) is 95.2 Å². The van der Waals surface area contributed by atoms with E-state index in [0.29, 0.717) is 17.8 Å². The highest BCUT2D eigenvalue weighted by Crippen LogP contribution is 2.70. The molecular formula is C30H42O4. The molecule has 1 aromatic heterocycles. The second-order valence-corrected chi connectivity index (χ2v) is 13.2. The Morgan fingerprint density at radius 3 is 2.56 bits per heavy atom. The van der Waals surface area contributed by atoms with Crippen LogP contribution in [0, 0.1) is 39.4 Å². The van der Waals surface area contributed by atoms with E-state index >= 15 is 0 Å². The van der Waals surface area contributed by atoms with Crippen molar-refractivity contribution in [1.82, 2.24) is 0 Å². The number of aliphatic hydroxyl groups is 1. The number of furan rings is 1. The first kappa shape index (κ1) is 23.9. The lowest BCUT2D eigenvalue weighted by Gasteiger charge is -2.62. The smallest absolute Gasteiger partial charge is 0.338 e. The number of hydrogen-bond donors (Lipinski definition) is 2. The van der Waals surface area contributed by atoms with Gasteiger partial charge in [0, 0.05) is 6.42 Å². The van der Waals surface area contributed by atoms with Crippen molar-refractivity contribution in [3.63, 3.8) is 0 Å². The molecule has 0 aromatic carbocycles. The maximum Gasteiger partial charge on any atom is 0.338 e. The van der Waals surface area contributed by atoms with Gasteiger partial charge in [-0.15, -0.1) is 0 Å². The van der Waals surface area contributed by atoms with Crippen molar-refractivity contribution in [3.05, 3.63) is 47.0 Å². The lowest BCUT2D eigenvalue weighted by Crippen LogP contribution is -2.56. The van der Waals surface area contributed by atoms with E-state index in [2.05, 4.69) is 53.7 Å². The minimum Gasteiger partial charge on any atom is -0.478 e. The van der Waals surface area contributed by atoms with Crippen molar-refractivity contribution in [1.29, 1.82) is 0 Å². The molecular weight excluding hydrogens is 424 g/mol. The Labute approximate surface area is 204 Å². The van der Waals surface area contributed by atoms with Gasteiger partial charge >= 0.3 is 5.97 Å². The van der Waals surface area contributed by atoms with E-state index in [-0.39, 0.29) is 33.3 Å². The van der Waals surface area contributed by atoms with Gasteiger partial charge in [0.05, 0.1) is 11.7 Å². The molecule has 0 bridgehead atoms. The summed E-state index contributed by atoms with van der Waals surface area (Å²) in [6.07, 6.45) is 13.6. The van der Waals surface area contributed by atoms with Crippen LogP contribution in [0.1, 0.15) is 96.2 Å². The maximum absolute atomic E-state index is 11.3. The number of allylic oxidation sites excluding steroid dienone is 4. The summed E-state index contributed by atoms with van der Waals surface area (Å²) in [4.78, 5) is 11.3. The van der Waals surface area contributed by atoms with E-state index < -0.39 is 5.97 Å². The Balaban J connectivity index is 1.43. The standard InChI is InChI=1S/C30H42O4/c1-18(15-20-16-19(17-34-20)26(32)33)29(5)13-10-23-21-7-8-24-27(2,3)25(31)11-12-28(24,4)22(21)9-14-30(23,29)6/h7,10,16-18,22,24-25,31H,8-9,11-15H2,1-6H3,(H,32,33)/t18-,22-,24?,25-,28-,29+,30-/m1/s1. The molecule has 0 saturated heterocycles. The number of carboxylic acid groups (broad SMARTS) is 1. The van der Waals surface area contributed by atoms with Crippen LogP contribution >= 0.6 is 0 Å². The monoisotopic (exact) mass is 466 g/mol. The number of hydrogen-bond acceptors (Lipinski definition) is 3. The number of rotatable bonds is 4. The van der Waals surface area contributed by atoms with Gasteiger partial charge in [0.1, 0.15) is 12.0 Å². The minimum absolute atomic E-state index is 0.0410. The summed E-state index contributed by atoms with van der Waals surface area (Å²) in [6, 6.07) is 1.69. The van der Waals surface area contributed by atoms with Gasteiger partial charge in [-0.25, -0.2) is 4.79 Å². The molecule has 0 radical (unpaired) electrons. The molecule has 1 heterocycles. The second-order valence-electron chi connectivity index (χ2n) is 13.2. The second kappa shape index (κ2) is 7.59. The fourth-order valence-electron chi connectivity index (χ4n) is 8.83. The van der Waals surface area contributed by atoms with E-state index in [1.165, 1.54) is 19.1 Å². The van der Waals surface area contributed by atoms with E-state index in [9.17, 15) is 15.0 Å². The largest absolute Gasteiger partial charge is 0.478 e. The van der Waals surface area contributed by atoms with Crippen LogP contribution in [0.2, 0.25) is 0 Å². The highest BCUT2D eigenvalue weighted by Gasteiger charge is 2.61. The quantitative estimate of drug-likeness (QED) is 0.499. The highest BCUT2D eigenvalue weighted by molar-refractivity contribution is 5.87. The molecule has 0 spiro atoms. The number of fused-ring (bicyclic) bond motifs is 5. The van der Waals surface area contributed by atoms with Crippen molar-refractivity contribution in [2.24, 2.45) is 39.4 Å². The molecule has 4 heteroatoms. The molecule has 7 atom stereocenters. The zero-order chi connectivity index (χ0) is 24.7. The SMILES string of the molecule is C[C@H](Cc1cc(C(=O)O)co1)[C@]1(C)CC=C2C3=CCC4C(C)(C)[C@H](O)CC[C@]4(C)[C@@H]3CC[C@]21C. The lowest BCUT2D eigenvalue weighted by atomic mass is 9.43. The van der Waals surface area contributed by atoms with Crippen molar-refractivity contribution in [2.75, 3.05) is 0 Å². The molecule has 2 fully saturated rings. The van der Waals surface area contributed by atoms with Crippen molar-refractivity contribution in [3.8, 4) is 0 Å². The Morgan fingerprint density at radius 1 is 1.15 bits per heavy atom. The van der Waals surface area contributed by atoms with Gasteiger partial charge in [0.2, 0.25) is 0 Å². The molecule has 2 N–H and O–H groups in total. The summed E-state index contributed by atoms with van der Waals surface area (Å²) in [7, 11) is 0. The van der Waals surface area contributed by atoms with Gasteiger partial charge in [-0.1, -0.05) is 53.7 Å². The summed E-state index contributed by atoms with van der Waals surface area (Å²) < 4.78 is 5.63. The fourth-order valence-corrected chi connectivity index (χ4v) is 8.83. The Bertz CT molecular complexity index is 1060. The molecule has 34 heavy (non-hydrogen) atoms. The van der Waals surface area contributed by atoms with Crippen LogP contribution in [0.4, 0.5) is 0 Å². The maximum atomic E-state index is 11.3. The summed E-state index contributed by atoms with van der Waals surface area (Å²) in [5.41, 5.74) is 3.84. The van der Waals surface area contributed by atoms with Crippen molar-refractivity contribution < 1.29 is 19.4 Å². The third-order valence-electron chi connectivity index (χ3n) is 11.6. The lowest BCUT2D eigenvalue weighted by molar-refractivity contribution is -0.120. The molecule has 1 aromatic rings. The molecule has 4 aliphatic rings. The molecule has 5 rings (SSSR count). The molecule has 0 amide bonds. The molecule has 4 nitrogen and oxygen atoms in total. The topological polar surface area (TPSA) is 70.7 Å². The van der Waals surface area contributed by atoms with E-state index in [1.807, 2.05) is 0 Å². The summed E-state index contributed by atoms with van der Waals surface area (Å²) in [5, 5.41) is 20.0. The Kier molecular flexibility index (Phi) is 5.34. The minimum atomic E-state index is -0.932. The first-order valence-electron chi connectivity index (χ1n) is 13.2. The molecule has 186 valence electrons. The zero-order valence-electron chi connectivity index (χ0n) is 21.8. The van der Waals surface area contributed by atoms with Gasteiger partial charge in [-0.3, -0.25) is 0 Å². The molecule has 0 aliphatic heterocycles. The Hall–Kier alpha value is -1.81. The predicted octanol–water partition coefficient (Wildman–Crippen LogP) is 7.04. The zero-order valence-corrected chi connectivity index (χ0v) is 21.8. The predicted molar refractivity (Wildman–Crippen MR) is 133 cm³/mol. The number of carbonyl (C=O) groups is 1. The third kappa shape index (κ3) is 3.09. The number of aliphatic hydroxyl groups excluding tert-OH is 1. The first-order valence-corrected chi connectivity index (χ1v) is 13.2. The van der Waals surface area contributed by atoms with Crippen LogP contribution in [-0.4, -0.2) is 22.3 Å². The van der Waals surface area contributed by atoms with Crippen LogP contribution in [0.25, 0.3) is 0 Å².